The molecule has 0 N–H and O–H groups in total. The van der Waals surface area contributed by atoms with Crippen LogP contribution in [0.1, 0.15) is 33.6 Å². The van der Waals surface area contributed by atoms with Crippen molar-refractivity contribution in [3.8, 4) is 0 Å². The molecule has 1 nitrogen and oxygen atoms in total. The smallest absolute Gasteiger partial charge is 0.249 e. The first-order valence-electron chi connectivity index (χ1n) is 4.75. The second kappa shape index (κ2) is 3.35. The second-order valence-electron chi connectivity index (χ2n) is 4.40. The number of hydrogen-bond acceptors (Lipinski definition) is 1. The van der Waals surface area contributed by atoms with E-state index in [0.717, 1.165) is 0 Å². The van der Waals surface area contributed by atoms with E-state index in [1.54, 1.807) is 0 Å². The highest BCUT2D eigenvalue weighted by atomic mass is 19.3. The Kier molecular flexibility index (Phi) is 2.74. The molecule has 1 rings (SSSR count). The Hall–Kier alpha value is -0.470. The predicted octanol–water partition coefficient (Wildman–Crippen LogP) is 2.89. The third kappa shape index (κ3) is 2.26. The van der Waals surface area contributed by atoms with Crippen molar-refractivity contribution in [3.63, 3.8) is 0 Å². The van der Waals surface area contributed by atoms with Gasteiger partial charge in [0.1, 0.15) is 5.78 Å². The Morgan fingerprint density at radius 2 is 1.77 bits per heavy atom. The van der Waals surface area contributed by atoms with Crippen LogP contribution in [0, 0.1) is 17.8 Å². The minimum atomic E-state index is -2.57. The highest BCUT2D eigenvalue weighted by molar-refractivity contribution is 5.84. The quantitative estimate of drug-likeness (QED) is 0.668. The molecule has 1 fully saturated rings. The molecule has 1 saturated carbocycles. The van der Waals surface area contributed by atoms with Crippen LogP contribution in [0.15, 0.2) is 0 Å². The molecule has 0 amide bonds. The maximum atomic E-state index is 12.5. The molecule has 0 bridgehead atoms. The number of carbonyl (C=O) groups is 1. The molecule has 76 valence electrons. The average Bonchev–Trinajstić information content (AvgIpc) is 1.97. The topological polar surface area (TPSA) is 17.1 Å². The molecule has 1 aliphatic carbocycles. The van der Waals surface area contributed by atoms with Crippen LogP contribution in [0.25, 0.3) is 0 Å². The summed E-state index contributed by atoms with van der Waals surface area (Å²) in [5.41, 5.74) is 0. The van der Waals surface area contributed by atoms with Crippen molar-refractivity contribution in [1.82, 2.24) is 0 Å². The van der Waals surface area contributed by atoms with E-state index in [4.69, 9.17) is 0 Å². The summed E-state index contributed by atoms with van der Waals surface area (Å²) in [5, 5.41) is 0. The van der Waals surface area contributed by atoms with Gasteiger partial charge in [0.2, 0.25) is 5.92 Å². The van der Waals surface area contributed by atoms with Crippen LogP contribution < -0.4 is 0 Å². The van der Waals surface area contributed by atoms with E-state index in [2.05, 4.69) is 0 Å². The number of halogens is 2. The number of alkyl halides is 2. The molecule has 0 heterocycles. The fourth-order valence-electron chi connectivity index (χ4n) is 1.56. The zero-order chi connectivity index (χ0) is 10.2. The van der Waals surface area contributed by atoms with Gasteiger partial charge in [0, 0.05) is 24.7 Å². The highest BCUT2D eigenvalue weighted by Crippen LogP contribution is 2.44. The summed E-state index contributed by atoms with van der Waals surface area (Å²) in [6.45, 7) is 5.71. The van der Waals surface area contributed by atoms with Crippen molar-refractivity contribution in [2.24, 2.45) is 17.8 Å². The third-order valence-corrected chi connectivity index (χ3v) is 2.94. The number of Topliss-reactive ketones (excluding diaryl/α,β-unsaturated/α-hetero) is 1. The lowest BCUT2D eigenvalue weighted by Crippen LogP contribution is -2.42. The largest absolute Gasteiger partial charge is 0.299 e. The van der Waals surface area contributed by atoms with E-state index in [1.165, 1.54) is 0 Å². The van der Waals surface area contributed by atoms with Crippen molar-refractivity contribution < 1.29 is 13.6 Å². The normalized spacial score (nSPS) is 24.2. The van der Waals surface area contributed by atoms with Gasteiger partial charge in [-0.3, -0.25) is 4.79 Å². The lowest BCUT2D eigenvalue weighted by Gasteiger charge is -2.35. The van der Waals surface area contributed by atoms with Crippen LogP contribution in [0.2, 0.25) is 0 Å². The minimum absolute atomic E-state index is 0.0147. The molecule has 0 aromatic carbocycles. The molecule has 0 aromatic rings. The van der Waals surface area contributed by atoms with Crippen LogP contribution in [0.4, 0.5) is 8.78 Å². The van der Waals surface area contributed by atoms with Gasteiger partial charge in [0.15, 0.2) is 0 Å². The van der Waals surface area contributed by atoms with E-state index in [1.807, 2.05) is 20.8 Å². The van der Waals surface area contributed by atoms with Gasteiger partial charge in [0.05, 0.1) is 0 Å². The van der Waals surface area contributed by atoms with Crippen molar-refractivity contribution in [3.05, 3.63) is 0 Å². The summed E-state index contributed by atoms with van der Waals surface area (Å²) in [5.74, 6) is -2.77. The van der Waals surface area contributed by atoms with Crippen LogP contribution in [-0.4, -0.2) is 11.7 Å². The SMILES string of the molecule is CC(C)C(C)C(=O)C1CC(F)(F)C1. The van der Waals surface area contributed by atoms with Gasteiger partial charge in [-0.1, -0.05) is 20.8 Å². The molecule has 0 radical (unpaired) electrons. The molecule has 1 aliphatic rings. The maximum Gasteiger partial charge on any atom is 0.249 e. The lowest BCUT2D eigenvalue weighted by molar-refractivity contribution is -0.152. The van der Waals surface area contributed by atoms with Gasteiger partial charge < -0.3 is 0 Å². The average molecular weight is 190 g/mol. The van der Waals surface area contributed by atoms with Gasteiger partial charge in [-0.25, -0.2) is 8.78 Å². The highest BCUT2D eigenvalue weighted by Gasteiger charge is 2.49. The second-order valence-corrected chi connectivity index (χ2v) is 4.40. The first-order valence-corrected chi connectivity index (χ1v) is 4.75. The number of hydrogen-bond donors (Lipinski definition) is 0. The molecule has 3 heteroatoms. The van der Waals surface area contributed by atoms with Crippen molar-refractivity contribution in [2.45, 2.75) is 39.5 Å². The summed E-state index contributed by atoms with van der Waals surface area (Å²) >= 11 is 0. The van der Waals surface area contributed by atoms with Gasteiger partial charge >= 0.3 is 0 Å². The Morgan fingerprint density at radius 3 is 2.08 bits per heavy atom. The molecule has 0 spiro atoms. The summed E-state index contributed by atoms with van der Waals surface area (Å²) in [7, 11) is 0. The van der Waals surface area contributed by atoms with Crippen LogP contribution >= 0.6 is 0 Å². The first-order chi connectivity index (χ1) is 5.83. The minimum Gasteiger partial charge on any atom is -0.299 e. The van der Waals surface area contributed by atoms with Crippen LogP contribution in [0.5, 0.6) is 0 Å². The summed E-state index contributed by atoms with van der Waals surface area (Å²) in [6.07, 6.45) is -0.466. The van der Waals surface area contributed by atoms with Crippen molar-refractivity contribution >= 4 is 5.78 Å². The van der Waals surface area contributed by atoms with E-state index in [0.29, 0.717) is 0 Å². The van der Waals surface area contributed by atoms with Crippen LogP contribution in [0.3, 0.4) is 0 Å². The van der Waals surface area contributed by atoms with E-state index >= 15 is 0 Å². The van der Waals surface area contributed by atoms with Gasteiger partial charge in [0.25, 0.3) is 0 Å². The summed E-state index contributed by atoms with van der Waals surface area (Å²) in [6, 6.07) is 0. The molecule has 0 saturated heterocycles. The standard InChI is InChI=1S/C10H16F2O/c1-6(2)7(3)9(13)8-4-10(11,12)5-8/h6-8H,4-5H2,1-3H3. The number of carbonyl (C=O) groups excluding carboxylic acids is 1. The van der Waals surface area contributed by atoms with E-state index in [-0.39, 0.29) is 36.4 Å². The van der Waals surface area contributed by atoms with Gasteiger partial charge in [-0.15, -0.1) is 0 Å². The third-order valence-electron chi connectivity index (χ3n) is 2.94. The Bertz CT molecular complexity index is 203. The number of ketones is 1. The predicted molar refractivity (Wildman–Crippen MR) is 46.7 cm³/mol. The molecule has 13 heavy (non-hydrogen) atoms. The van der Waals surface area contributed by atoms with Gasteiger partial charge in [-0.05, 0) is 5.92 Å². The van der Waals surface area contributed by atoms with E-state index < -0.39 is 5.92 Å². The molecule has 0 aromatic heterocycles. The Balaban J connectivity index is 2.43. The van der Waals surface area contributed by atoms with Gasteiger partial charge in [-0.2, -0.15) is 0 Å². The van der Waals surface area contributed by atoms with Crippen molar-refractivity contribution in [1.29, 1.82) is 0 Å². The fourth-order valence-corrected chi connectivity index (χ4v) is 1.56. The zero-order valence-corrected chi connectivity index (χ0v) is 8.31. The molecular formula is C10H16F2O. The Labute approximate surface area is 77.5 Å². The number of rotatable bonds is 3. The fraction of sp³-hybridized carbons (Fsp3) is 0.900. The van der Waals surface area contributed by atoms with Crippen molar-refractivity contribution in [2.75, 3.05) is 0 Å². The zero-order valence-electron chi connectivity index (χ0n) is 8.31. The van der Waals surface area contributed by atoms with E-state index in [9.17, 15) is 13.6 Å². The maximum absolute atomic E-state index is 12.5. The Morgan fingerprint density at radius 1 is 1.31 bits per heavy atom. The molecular weight excluding hydrogens is 174 g/mol. The summed E-state index contributed by atoms with van der Waals surface area (Å²) in [4.78, 5) is 11.5. The van der Waals surface area contributed by atoms with Crippen LogP contribution in [-0.2, 0) is 4.79 Å². The molecule has 1 unspecified atom stereocenters. The lowest BCUT2D eigenvalue weighted by atomic mass is 9.73. The monoisotopic (exact) mass is 190 g/mol. The molecule has 0 aliphatic heterocycles. The summed E-state index contributed by atoms with van der Waals surface area (Å²) < 4.78 is 24.9. The molecule has 1 atom stereocenters. The first kappa shape index (κ1) is 10.6.